The monoisotopic (exact) mass is 534 g/mol. The van der Waals surface area contributed by atoms with Crippen LogP contribution in [0.4, 0.5) is 5.69 Å². The summed E-state index contributed by atoms with van der Waals surface area (Å²) in [5.41, 5.74) is 2.17. The number of anilines is 1. The van der Waals surface area contributed by atoms with Gasteiger partial charge in [-0.3, -0.25) is 9.30 Å². The largest absolute Gasteiger partial charge is 0.381 e. The van der Waals surface area contributed by atoms with Crippen LogP contribution in [-0.4, -0.2) is 71.0 Å². The average Bonchev–Trinajstić information content (AvgIpc) is 3.42. The van der Waals surface area contributed by atoms with Crippen molar-refractivity contribution in [2.75, 3.05) is 56.0 Å². The molecule has 1 N–H and O–H groups in total. The number of halogens is 1. The second kappa shape index (κ2) is 9.38. The highest BCUT2D eigenvalue weighted by molar-refractivity contribution is 14.0. The predicted octanol–water partition coefficient (Wildman–Crippen LogP) is 2.07. The summed E-state index contributed by atoms with van der Waals surface area (Å²) in [5.74, 6) is 0.849. The Morgan fingerprint density at radius 1 is 1.28 bits per heavy atom. The summed E-state index contributed by atoms with van der Waals surface area (Å²) in [6, 6.07) is 7.74. The quantitative estimate of drug-likeness (QED) is 0.356. The van der Waals surface area contributed by atoms with Crippen molar-refractivity contribution in [3.8, 4) is 0 Å². The zero-order valence-electron chi connectivity index (χ0n) is 17.0. The van der Waals surface area contributed by atoms with Gasteiger partial charge in [-0.25, -0.2) is 8.42 Å². The molecule has 0 aromatic heterocycles. The Hall–Kier alpha value is -1.07. The first-order valence-corrected chi connectivity index (χ1v) is 11.8. The molecule has 3 aliphatic rings. The van der Waals surface area contributed by atoms with Crippen molar-refractivity contribution in [1.82, 2.24) is 10.2 Å². The molecule has 0 aliphatic carbocycles. The van der Waals surface area contributed by atoms with Gasteiger partial charge in [0.25, 0.3) is 0 Å². The standard InChI is InChI=1S/C20H30N4O3S.HI/c1-2-21-19(23-12-8-20(15-23)9-13-27-16-20)22-10-14-28(25,26)24-11-7-17-5-3-4-6-18(17)24;/h3-6H,2,7-16H2,1H3,(H,21,22);1H. The number of likely N-dealkylation sites (tertiary alicyclic amines) is 1. The van der Waals surface area contributed by atoms with Crippen LogP contribution in [0.5, 0.6) is 0 Å². The molecule has 4 rings (SSSR count). The molecular formula is C20H31IN4O3S. The number of sulfonamides is 1. The highest BCUT2D eigenvalue weighted by atomic mass is 127. The molecule has 9 heteroatoms. The highest BCUT2D eigenvalue weighted by Crippen LogP contribution is 2.38. The van der Waals surface area contributed by atoms with E-state index in [9.17, 15) is 8.42 Å². The molecule has 3 aliphatic heterocycles. The number of rotatable bonds is 5. The number of hydrogen-bond donors (Lipinski definition) is 1. The molecule has 1 aromatic carbocycles. The highest BCUT2D eigenvalue weighted by Gasteiger charge is 2.42. The molecule has 2 saturated heterocycles. The lowest BCUT2D eigenvalue weighted by atomic mass is 9.87. The summed E-state index contributed by atoms with van der Waals surface area (Å²) in [6.45, 7) is 7.15. The number of fused-ring (bicyclic) bond motifs is 1. The summed E-state index contributed by atoms with van der Waals surface area (Å²) < 4.78 is 32.9. The molecule has 1 atom stereocenters. The minimum absolute atomic E-state index is 0. The number of guanidine groups is 1. The first-order valence-electron chi connectivity index (χ1n) is 10.2. The lowest BCUT2D eigenvalue weighted by Gasteiger charge is -2.25. The Kier molecular flexibility index (Phi) is 7.32. The van der Waals surface area contributed by atoms with E-state index in [1.807, 2.05) is 31.2 Å². The van der Waals surface area contributed by atoms with E-state index in [2.05, 4.69) is 15.2 Å². The number of hydrogen-bond acceptors (Lipinski definition) is 4. The molecular weight excluding hydrogens is 503 g/mol. The summed E-state index contributed by atoms with van der Waals surface area (Å²) in [7, 11) is -3.37. The van der Waals surface area contributed by atoms with E-state index in [1.165, 1.54) is 0 Å². The Balaban J connectivity index is 0.00000240. The molecule has 1 spiro atoms. The Labute approximate surface area is 191 Å². The number of para-hydroxylation sites is 1. The second-order valence-electron chi connectivity index (χ2n) is 7.98. The lowest BCUT2D eigenvalue weighted by Crippen LogP contribution is -2.42. The molecule has 0 bridgehead atoms. The first-order chi connectivity index (χ1) is 13.5. The van der Waals surface area contributed by atoms with Gasteiger partial charge >= 0.3 is 0 Å². The van der Waals surface area contributed by atoms with Gasteiger partial charge in [-0.05, 0) is 37.8 Å². The fraction of sp³-hybridized carbons (Fsp3) is 0.650. The van der Waals surface area contributed by atoms with Crippen LogP contribution in [-0.2, 0) is 21.2 Å². The number of benzene rings is 1. The van der Waals surface area contributed by atoms with Crippen molar-refractivity contribution in [2.45, 2.75) is 26.2 Å². The maximum Gasteiger partial charge on any atom is 0.237 e. The molecule has 2 fully saturated rings. The van der Waals surface area contributed by atoms with Crippen LogP contribution < -0.4 is 9.62 Å². The van der Waals surface area contributed by atoms with Crippen molar-refractivity contribution < 1.29 is 13.2 Å². The third-order valence-electron chi connectivity index (χ3n) is 6.05. The molecule has 1 aromatic rings. The van der Waals surface area contributed by atoms with Crippen LogP contribution in [0.25, 0.3) is 0 Å². The van der Waals surface area contributed by atoms with Gasteiger partial charge in [0.1, 0.15) is 0 Å². The molecule has 162 valence electrons. The molecule has 0 saturated carbocycles. The van der Waals surface area contributed by atoms with Gasteiger partial charge in [-0.1, -0.05) is 18.2 Å². The van der Waals surface area contributed by atoms with Crippen molar-refractivity contribution >= 4 is 45.6 Å². The van der Waals surface area contributed by atoms with E-state index in [-0.39, 0.29) is 41.7 Å². The predicted molar refractivity (Wildman–Crippen MR) is 127 cm³/mol. The molecule has 0 radical (unpaired) electrons. The van der Waals surface area contributed by atoms with Gasteiger partial charge in [-0.15, -0.1) is 24.0 Å². The zero-order valence-corrected chi connectivity index (χ0v) is 20.1. The number of nitrogens with one attached hydrogen (secondary N) is 1. The summed E-state index contributed by atoms with van der Waals surface area (Å²) >= 11 is 0. The third kappa shape index (κ3) is 4.82. The number of aliphatic imine (C=N–C) groups is 1. The average molecular weight is 534 g/mol. The molecule has 29 heavy (non-hydrogen) atoms. The molecule has 1 unspecified atom stereocenters. The van der Waals surface area contributed by atoms with E-state index in [0.717, 1.165) is 69.3 Å². The maximum atomic E-state index is 12.9. The maximum absolute atomic E-state index is 12.9. The third-order valence-corrected chi connectivity index (χ3v) is 7.80. The Morgan fingerprint density at radius 2 is 2.10 bits per heavy atom. The van der Waals surface area contributed by atoms with Gasteiger partial charge in [-0.2, -0.15) is 0 Å². The van der Waals surface area contributed by atoms with Gasteiger partial charge in [0.15, 0.2) is 5.96 Å². The van der Waals surface area contributed by atoms with Crippen LogP contribution in [0.2, 0.25) is 0 Å². The van der Waals surface area contributed by atoms with Gasteiger partial charge < -0.3 is 15.0 Å². The van der Waals surface area contributed by atoms with Crippen molar-refractivity contribution in [3.05, 3.63) is 29.8 Å². The molecule has 7 nitrogen and oxygen atoms in total. The van der Waals surface area contributed by atoms with Crippen molar-refractivity contribution in [1.29, 1.82) is 0 Å². The van der Waals surface area contributed by atoms with Crippen LogP contribution in [0, 0.1) is 5.41 Å². The van der Waals surface area contributed by atoms with Crippen LogP contribution >= 0.6 is 24.0 Å². The Bertz CT molecular complexity index is 840. The van der Waals surface area contributed by atoms with Crippen LogP contribution in [0.3, 0.4) is 0 Å². The minimum Gasteiger partial charge on any atom is -0.381 e. The zero-order chi connectivity index (χ0) is 19.6. The van der Waals surface area contributed by atoms with Crippen molar-refractivity contribution in [3.63, 3.8) is 0 Å². The lowest BCUT2D eigenvalue weighted by molar-refractivity contribution is 0.156. The van der Waals surface area contributed by atoms with E-state index in [1.54, 1.807) is 4.31 Å². The Morgan fingerprint density at radius 3 is 2.86 bits per heavy atom. The molecule has 0 amide bonds. The topological polar surface area (TPSA) is 74.2 Å². The number of ether oxygens (including phenoxy) is 1. The summed E-state index contributed by atoms with van der Waals surface area (Å²) in [5, 5.41) is 3.33. The van der Waals surface area contributed by atoms with E-state index >= 15 is 0 Å². The summed E-state index contributed by atoms with van der Waals surface area (Å²) in [6.07, 6.45) is 2.99. The van der Waals surface area contributed by atoms with Gasteiger partial charge in [0, 0.05) is 38.2 Å². The van der Waals surface area contributed by atoms with E-state index in [4.69, 9.17) is 4.74 Å². The number of nitrogens with zero attached hydrogens (tertiary/aromatic N) is 3. The van der Waals surface area contributed by atoms with E-state index in [0.29, 0.717) is 6.54 Å². The summed E-state index contributed by atoms with van der Waals surface area (Å²) in [4.78, 5) is 6.91. The fourth-order valence-electron chi connectivity index (χ4n) is 4.49. The normalized spacial score (nSPS) is 24.1. The van der Waals surface area contributed by atoms with Crippen LogP contribution in [0.1, 0.15) is 25.3 Å². The van der Waals surface area contributed by atoms with Crippen molar-refractivity contribution in [2.24, 2.45) is 10.4 Å². The second-order valence-corrected chi connectivity index (χ2v) is 9.99. The minimum atomic E-state index is -3.37. The fourth-order valence-corrected chi connectivity index (χ4v) is 5.88. The molecule has 3 heterocycles. The van der Waals surface area contributed by atoms with Crippen LogP contribution in [0.15, 0.2) is 29.3 Å². The van der Waals surface area contributed by atoms with Gasteiger partial charge in [0.05, 0.1) is 24.6 Å². The van der Waals surface area contributed by atoms with E-state index < -0.39 is 10.0 Å². The smallest absolute Gasteiger partial charge is 0.237 e. The first kappa shape index (κ1) is 22.6. The SMILES string of the molecule is CCNC(=NCCS(=O)(=O)N1CCc2ccccc21)N1CCC2(CCOC2)C1.I. The van der Waals surface area contributed by atoms with Gasteiger partial charge in [0.2, 0.25) is 10.0 Å².